The Kier molecular flexibility index (Phi) is 7.00. The molecule has 0 saturated carbocycles. The van der Waals surface area contributed by atoms with E-state index in [1.54, 1.807) is 9.80 Å². The smallest absolute Gasteiger partial charge is 0.410 e. The van der Waals surface area contributed by atoms with Crippen molar-refractivity contribution in [2.75, 3.05) is 44.2 Å². The van der Waals surface area contributed by atoms with Crippen molar-refractivity contribution in [2.45, 2.75) is 39.7 Å². The van der Waals surface area contributed by atoms with Crippen molar-refractivity contribution in [3.63, 3.8) is 0 Å². The maximum atomic E-state index is 12.5. The van der Waals surface area contributed by atoms with Crippen LogP contribution in [0.3, 0.4) is 0 Å². The average molecular weight is 466 g/mol. The Morgan fingerprint density at radius 3 is 2.32 bits per heavy atom. The highest BCUT2D eigenvalue weighted by Crippen LogP contribution is 2.40. The molecule has 0 aromatic heterocycles. The van der Waals surface area contributed by atoms with Crippen LogP contribution in [0.2, 0.25) is 0 Å². The van der Waals surface area contributed by atoms with Crippen LogP contribution in [0, 0.1) is 5.41 Å². The standard InChI is InChI=1S/C27H35N3O4/c1-27(2,3)24-18-30(25(31)32)12-11-21-17-22(9-10-23(21)24)28-13-15-29(16-14-28)26(33)34-19-20-7-5-4-6-8-20/h4-10,17,24H,11-16,18-19H2,1-3H3,(H,31,32). The van der Waals surface area contributed by atoms with Crippen LogP contribution in [-0.2, 0) is 17.8 Å². The Balaban J connectivity index is 1.40. The fourth-order valence-electron chi connectivity index (χ4n) is 4.88. The van der Waals surface area contributed by atoms with Gasteiger partial charge in [0.2, 0.25) is 0 Å². The van der Waals surface area contributed by atoms with Gasteiger partial charge in [0.15, 0.2) is 0 Å². The molecular weight excluding hydrogens is 430 g/mol. The minimum atomic E-state index is -0.849. The van der Waals surface area contributed by atoms with Crippen molar-refractivity contribution < 1.29 is 19.4 Å². The van der Waals surface area contributed by atoms with Crippen molar-refractivity contribution in [3.8, 4) is 0 Å². The quantitative estimate of drug-likeness (QED) is 0.704. The number of carbonyl (C=O) groups is 2. The summed E-state index contributed by atoms with van der Waals surface area (Å²) in [6, 6.07) is 16.3. The van der Waals surface area contributed by atoms with Gasteiger partial charge in [-0.1, -0.05) is 57.2 Å². The predicted molar refractivity (Wildman–Crippen MR) is 132 cm³/mol. The molecule has 1 saturated heterocycles. The Hall–Kier alpha value is -3.22. The molecule has 7 nitrogen and oxygen atoms in total. The highest BCUT2D eigenvalue weighted by Gasteiger charge is 2.34. The Morgan fingerprint density at radius 2 is 1.68 bits per heavy atom. The van der Waals surface area contributed by atoms with Crippen molar-refractivity contribution >= 4 is 17.9 Å². The molecular formula is C27H35N3O4. The third-order valence-electron chi connectivity index (χ3n) is 6.98. The fourth-order valence-corrected chi connectivity index (χ4v) is 4.88. The van der Waals surface area contributed by atoms with Gasteiger partial charge in [0, 0.05) is 50.9 Å². The molecule has 0 bridgehead atoms. The Bertz CT molecular complexity index is 1010. The van der Waals surface area contributed by atoms with Crippen molar-refractivity contribution in [2.24, 2.45) is 5.41 Å². The Labute approximate surface area is 201 Å². The van der Waals surface area contributed by atoms with Gasteiger partial charge in [0.05, 0.1) is 0 Å². The van der Waals surface area contributed by atoms with Crippen LogP contribution in [0.15, 0.2) is 48.5 Å². The first-order valence-electron chi connectivity index (χ1n) is 12.0. The first-order valence-corrected chi connectivity index (χ1v) is 12.0. The molecule has 1 unspecified atom stereocenters. The number of anilines is 1. The second-order valence-electron chi connectivity index (χ2n) is 10.3. The molecule has 2 heterocycles. The lowest BCUT2D eigenvalue weighted by Crippen LogP contribution is -2.49. The monoisotopic (exact) mass is 465 g/mol. The maximum Gasteiger partial charge on any atom is 0.410 e. The molecule has 34 heavy (non-hydrogen) atoms. The van der Waals surface area contributed by atoms with Crippen molar-refractivity contribution in [1.29, 1.82) is 0 Å². The highest BCUT2D eigenvalue weighted by molar-refractivity contribution is 5.68. The van der Waals surface area contributed by atoms with Crippen LogP contribution in [0.1, 0.15) is 43.4 Å². The summed E-state index contributed by atoms with van der Waals surface area (Å²) in [6.07, 6.45) is -0.404. The van der Waals surface area contributed by atoms with Crippen molar-refractivity contribution in [1.82, 2.24) is 9.80 Å². The number of nitrogens with zero attached hydrogens (tertiary/aromatic N) is 3. The molecule has 0 radical (unpaired) electrons. The van der Waals surface area contributed by atoms with Gasteiger partial charge in [-0.05, 0) is 40.7 Å². The SMILES string of the molecule is CC(C)(C)C1CN(C(=O)O)CCc2cc(N3CCN(C(=O)OCc4ccccc4)CC3)ccc21. The van der Waals surface area contributed by atoms with Gasteiger partial charge in [-0.2, -0.15) is 0 Å². The lowest BCUT2D eigenvalue weighted by molar-refractivity contribution is 0.0942. The first-order chi connectivity index (χ1) is 16.2. The zero-order valence-electron chi connectivity index (χ0n) is 20.4. The number of fused-ring (bicyclic) bond motifs is 1. The largest absolute Gasteiger partial charge is 0.465 e. The van der Waals surface area contributed by atoms with E-state index in [1.807, 2.05) is 30.3 Å². The van der Waals surface area contributed by atoms with Crippen LogP contribution in [-0.4, -0.2) is 66.4 Å². The number of benzene rings is 2. The molecule has 2 aliphatic rings. The van der Waals surface area contributed by atoms with Crippen LogP contribution in [0.4, 0.5) is 15.3 Å². The number of piperazine rings is 1. The number of carbonyl (C=O) groups excluding carboxylic acids is 1. The summed E-state index contributed by atoms with van der Waals surface area (Å²) in [5.41, 5.74) is 4.55. The van der Waals surface area contributed by atoms with Crippen LogP contribution >= 0.6 is 0 Å². The minimum Gasteiger partial charge on any atom is -0.465 e. The molecule has 2 amide bonds. The zero-order valence-corrected chi connectivity index (χ0v) is 20.4. The van der Waals surface area contributed by atoms with Gasteiger partial charge in [-0.15, -0.1) is 0 Å². The number of carboxylic acid groups (broad SMARTS) is 1. The summed E-state index contributed by atoms with van der Waals surface area (Å²) < 4.78 is 5.49. The molecule has 1 atom stereocenters. The van der Waals surface area contributed by atoms with Crippen LogP contribution in [0.5, 0.6) is 0 Å². The second-order valence-corrected chi connectivity index (χ2v) is 10.3. The van der Waals surface area contributed by atoms with E-state index in [4.69, 9.17) is 4.74 Å². The normalized spacial score (nSPS) is 18.8. The lowest BCUT2D eigenvalue weighted by Gasteiger charge is -2.36. The van der Waals surface area contributed by atoms with Crippen LogP contribution in [0.25, 0.3) is 0 Å². The summed E-state index contributed by atoms with van der Waals surface area (Å²) in [6.45, 7) is 10.6. The average Bonchev–Trinajstić information content (AvgIpc) is 3.03. The van der Waals surface area contributed by atoms with E-state index in [9.17, 15) is 14.7 Å². The molecule has 4 rings (SSSR count). The van der Waals surface area contributed by atoms with E-state index >= 15 is 0 Å². The molecule has 2 aromatic carbocycles. The molecule has 2 aliphatic heterocycles. The van der Waals surface area contributed by atoms with Crippen molar-refractivity contribution in [3.05, 3.63) is 65.2 Å². The number of ether oxygens (including phenoxy) is 1. The minimum absolute atomic E-state index is 0.0416. The second kappa shape index (κ2) is 9.95. The topological polar surface area (TPSA) is 73.3 Å². The number of hydrogen-bond acceptors (Lipinski definition) is 4. The zero-order chi connectivity index (χ0) is 24.3. The van der Waals surface area contributed by atoms with Crippen LogP contribution < -0.4 is 4.90 Å². The van der Waals surface area contributed by atoms with E-state index in [0.29, 0.717) is 32.6 Å². The summed E-state index contributed by atoms with van der Waals surface area (Å²) in [4.78, 5) is 29.8. The fraction of sp³-hybridized carbons (Fsp3) is 0.481. The first kappa shape index (κ1) is 23.9. The van der Waals surface area contributed by atoms with Gasteiger partial charge in [0.1, 0.15) is 6.61 Å². The van der Waals surface area contributed by atoms with E-state index in [-0.39, 0.29) is 24.0 Å². The number of hydrogen-bond donors (Lipinski definition) is 1. The molecule has 7 heteroatoms. The van der Waals surface area contributed by atoms with Gasteiger partial charge >= 0.3 is 12.2 Å². The van der Waals surface area contributed by atoms with Gasteiger partial charge in [-0.3, -0.25) is 0 Å². The number of amides is 2. The molecule has 2 aromatic rings. The molecule has 0 aliphatic carbocycles. The van der Waals surface area contributed by atoms with E-state index < -0.39 is 6.09 Å². The number of rotatable bonds is 3. The summed E-state index contributed by atoms with van der Waals surface area (Å²) in [5.74, 6) is 0.145. The van der Waals surface area contributed by atoms with Gasteiger partial charge in [-0.25, -0.2) is 9.59 Å². The molecule has 182 valence electrons. The van der Waals surface area contributed by atoms with E-state index in [2.05, 4.69) is 43.9 Å². The molecule has 0 spiro atoms. The maximum absolute atomic E-state index is 12.5. The van der Waals surface area contributed by atoms with Gasteiger partial charge in [0.25, 0.3) is 0 Å². The third-order valence-corrected chi connectivity index (χ3v) is 6.98. The Morgan fingerprint density at radius 1 is 0.971 bits per heavy atom. The molecule has 1 N–H and O–H groups in total. The summed E-state index contributed by atoms with van der Waals surface area (Å²) >= 11 is 0. The molecule has 1 fully saturated rings. The highest BCUT2D eigenvalue weighted by atomic mass is 16.6. The third kappa shape index (κ3) is 5.46. The summed E-state index contributed by atoms with van der Waals surface area (Å²) in [7, 11) is 0. The summed E-state index contributed by atoms with van der Waals surface area (Å²) in [5, 5.41) is 9.63. The lowest BCUT2D eigenvalue weighted by atomic mass is 9.75. The van der Waals surface area contributed by atoms with Gasteiger partial charge < -0.3 is 24.5 Å². The van der Waals surface area contributed by atoms with E-state index in [1.165, 1.54) is 11.1 Å². The predicted octanol–water partition coefficient (Wildman–Crippen LogP) is 4.81. The van der Waals surface area contributed by atoms with E-state index in [0.717, 1.165) is 24.3 Å².